The van der Waals surface area contributed by atoms with Gasteiger partial charge in [0, 0.05) is 12.5 Å². The Balaban J connectivity index is 2.58. The van der Waals surface area contributed by atoms with Crippen molar-refractivity contribution in [3.05, 3.63) is 29.8 Å². The summed E-state index contributed by atoms with van der Waals surface area (Å²) in [6, 6.07) is 7.44. The molecule has 0 aliphatic heterocycles. The lowest BCUT2D eigenvalue weighted by Gasteiger charge is -2.20. The first-order valence-corrected chi connectivity index (χ1v) is 8.60. The molecule has 0 saturated carbocycles. The Labute approximate surface area is 149 Å². The minimum Gasteiger partial charge on any atom is -0.444 e. The standard InChI is InChI=1S/C17H21BrN2O4/c1-17(2,3)24-16(22)19-15-14(13(21)9-18)11-7-5-6-8-12(11)20(15)10-23-4/h5-8H,9-10H2,1-4H3,(H,19,22). The van der Waals surface area contributed by atoms with Crippen LogP contribution in [0.1, 0.15) is 31.1 Å². The number of hydrogen-bond donors (Lipinski definition) is 1. The third-order valence-electron chi connectivity index (χ3n) is 3.25. The highest BCUT2D eigenvalue weighted by Crippen LogP contribution is 2.31. The Morgan fingerprint density at radius 2 is 1.92 bits per heavy atom. The summed E-state index contributed by atoms with van der Waals surface area (Å²) in [6.45, 7) is 5.53. The number of nitrogens with zero attached hydrogens (tertiary/aromatic N) is 1. The number of benzene rings is 1. The van der Waals surface area contributed by atoms with Gasteiger partial charge in [-0.05, 0) is 26.8 Å². The van der Waals surface area contributed by atoms with Gasteiger partial charge in [-0.15, -0.1) is 0 Å². The summed E-state index contributed by atoms with van der Waals surface area (Å²) in [5, 5.41) is 3.61. The molecule has 0 bridgehead atoms. The third kappa shape index (κ3) is 3.96. The molecule has 1 amide bonds. The molecule has 0 aliphatic carbocycles. The van der Waals surface area contributed by atoms with Crippen molar-refractivity contribution in [1.29, 1.82) is 0 Å². The zero-order valence-electron chi connectivity index (χ0n) is 14.2. The van der Waals surface area contributed by atoms with Crippen LogP contribution in [0.25, 0.3) is 10.9 Å². The molecule has 1 heterocycles. The number of ether oxygens (including phenoxy) is 2. The van der Waals surface area contributed by atoms with Crippen molar-refractivity contribution in [3.63, 3.8) is 0 Å². The highest BCUT2D eigenvalue weighted by molar-refractivity contribution is 9.09. The highest BCUT2D eigenvalue weighted by Gasteiger charge is 2.25. The van der Waals surface area contributed by atoms with Crippen LogP contribution in [-0.2, 0) is 16.2 Å². The van der Waals surface area contributed by atoms with Crippen LogP contribution in [-0.4, -0.2) is 34.5 Å². The summed E-state index contributed by atoms with van der Waals surface area (Å²) < 4.78 is 12.3. The van der Waals surface area contributed by atoms with Crippen molar-refractivity contribution in [2.45, 2.75) is 33.1 Å². The van der Waals surface area contributed by atoms with E-state index in [1.54, 1.807) is 32.4 Å². The first kappa shape index (κ1) is 18.5. The van der Waals surface area contributed by atoms with Gasteiger partial charge < -0.3 is 14.0 Å². The summed E-state index contributed by atoms with van der Waals surface area (Å²) in [5.41, 5.74) is 0.599. The number of fused-ring (bicyclic) bond motifs is 1. The number of alkyl halides is 1. The number of nitrogens with one attached hydrogen (secondary N) is 1. The van der Waals surface area contributed by atoms with Gasteiger partial charge in [0.25, 0.3) is 0 Å². The maximum atomic E-state index is 12.4. The Morgan fingerprint density at radius 3 is 2.50 bits per heavy atom. The molecule has 0 atom stereocenters. The fraction of sp³-hybridized carbons (Fsp3) is 0.412. The Kier molecular flexibility index (Phi) is 5.66. The number of aromatic nitrogens is 1. The van der Waals surface area contributed by atoms with Gasteiger partial charge in [0.05, 0.1) is 16.4 Å². The van der Waals surface area contributed by atoms with Crippen molar-refractivity contribution in [2.75, 3.05) is 17.8 Å². The number of Topliss-reactive ketones (excluding diaryl/α,β-unsaturated/α-hetero) is 1. The van der Waals surface area contributed by atoms with E-state index in [1.807, 2.05) is 24.3 Å². The van der Waals surface area contributed by atoms with Crippen LogP contribution in [0.4, 0.5) is 10.6 Å². The predicted octanol–water partition coefficient (Wildman–Crippen LogP) is 4.17. The molecule has 0 saturated heterocycles. The van der Waals surface area contributed by atoms with Gasteiger partial charge in [-0.3, -0.25) is 10.1 Å². The van der Waals surface area contributed by atoms with E-state index in [0.29, 0.717) is 11.4 Å². The second-order valence-electron chi connectivity index (χ2n) is 6.27. The van der Waals surface area contributed by atoms with Crippen LogP contribution in [0, 0.1) is 0 Å². The Morgan fingerprint density at radius 1 is 1.25 bits per heavy atom. The zero-order valence-corrected chi connectivity index (χ0v) is 15.8. The number of hydrogen-bond acceptors (Lipinski definition) is 4. The maximum Gasteiger partial charge on any atom is 0.413 e. The molecule has 24 heavy (non-hydrogen) atoms. The molecule has 6 nitrogen and oxygen atoms in total. The SMILES string of the molecule is COCn1c(NC(=O)OC(C)(C)C)c(C(=O)CBr)c2ccccc21. The first-order valence-electron chi connectivity index (χ1n) is 7.48. The summed E-state index contributed by atoms with van der Waals surface area (Å²) in [5.74, 6) is 0.240. The number of carbonyl (C=O) groups excluding carboxylic acids is 2. The molecule has 0 spiro atoms. The fourth-order valence-electron chi connectivity index (χ4n) is 2.45. The summed E-state index contributed by atoms with van der Waals surface area (Å²) >= 11 is 3.20. The second kappa shape index (κ2) is 7.36. The number of halogens is 1. The largest absolute Gasteiger partial charge is 0.444 e. The maximum absolute atomic E-state index is 12.4. The van der Waals surface area contributed by atoms with Crippen LogP contribution < -0.4 is 5.32 Å². The highest BCUT2D eigenvalue weighted by atomic mass is 79.9. The summed E-state index contributed by atoms with van der Waals surface area (Å²) in [4.78, 5) is 24.7. The number of anilines is 1. The van der Waals surface area contributed by atoms with E-state index in [0.717, 1.165) is 10.9 Å². The van der Waals surface area contributed by atoms with E-state index < -0.39 is 11.7 Å². The molecule has 2 rings (SSSR count). The van der Waals surface area contributed by atoms with E-state index in [1.165, 1.54) is 0 Å². The quantitative estimate of drug-likeness (QED) is 0.607. The third-order valence-corrected chi connectivity index (χ3v) is 3.76. The van der Waals surface area contributed by atoms with Crippen LogP contribution in [0.15, 0.2) is 24.3 Å². The number of ketones is 1. The molecular weight excluding hydrogens is 376 g/mol. The Bertz CT molecular complexity index is 762. The van der Waals surface area contributed by atoms with Crippen molar-refractivity contribution in [1.82, 2.24) is 4.57 Å². The first-order chi connectivity index (χ1) is 11.3. The molecule has 1 aromatic heterocycles. The molecule has 0 unspecified atom stereocenters. The smallest absolute Gasteiger partial charge is 0.413 e. The van der Waals surface area contributed by atoms with Gasteiger partial charge in [0.2, 0.25) is 0 Å². The van der Waals surface area contributed by atoms with Crippen LogP contribution in [0.2, 0.25) is 0 Å². The lowest BCUT2D eigenvalue weighted by molar-refractivity contribution is 0.0633. The number of para-hydroxylation sites is 1. The van der Waals surface area contributed by atoms with Crippen molar-refractivity contribution < 1.29 is 19.1 Å². The molecule has 1 N–H and O–H groups in total. The molecule has 0 fully saturated rings. The average Bonchev–Trinajstić information content (AvgIpc) is 2.79. The molecule has 7 heteroatoms. The normalized spacial score (nSPS) is 11.5. The summed E-state index contributed by atoms with van der Waals surface area (Å²) in [7, 11) is 1.55. The van der Waals surface area contributed by atoms with Crippen LogP contribution >= 0.6 is 15.9 Å². The average molecular weight is 397 g/mol. The van der Waals surface area contributed by atoms with Crippen LogP contribution in [0.5, 0.6) is 0 Å². The fourth-order valence-corrected chi connectivity index (χ4v) is 2.73. The minimum absolute atomic E-state index is 0.132. The topological polar surface area (TPSA) is 69.6 Å². The molecule has 0 aliphatic rings. The predicted molar refractivity (Wildman–Crippen MR) is 96.9 cm³/mol. The van der Waals surface area contributed by atoms with Crippen molar-refractivity contribution >= 4 is 44.5 Å². The van der Waals surface area contributed by atoms with E-state index in [9.17, 15) is 9.59 Å². The molecular formula is C17H21BrN2O4. The minimum atomic E-state index is -0.637. The van der Waals surface area contributed by atoms with Crippen molar-refractivity contribution in [2.24, 2.45) is 0 Å². The van der Waals surface area contributed by atoms with Gasteiger partial charge in [-0.2, -0.15) is 0 Å². The van der Waals surface area contributed by atoms with Crippen LogP contribution in [0.3, 0.4) is 0 Å². The monoisotopic (exact) mass is 396 g/mol. The van der Waals surface area contributed by atoms with Crippen molar-refractivity contribution in [3.8, 4) is 0 Å². The number of amides is 1. The van der Waals surface area contributed by atoms with E-state index in [4.69, 9.17) is 9.47 Å². The number of carbonyl (C=O) groups is 2. The molecule has 130 valence electrons. The van der Waals surface area contributed by atoms with Gasteiger partial charge in [-0.1, -0.05) is 34.1 Å². The van der Waals surface area contributed by atoms with Gasteiger partial charge in [-0.25, -0.2) is 4.79 Å². The van der Waals surface area contributed by atoms with Gasteiger partial charge in [0.1, 0.15) is 18.1 Å². The number of rotatable bonds is 5. The second-order valence-corrected chi connectivity index (χ2v) is 6.83. The lowest BCUT2D eigenvalue weighted by atomic mass is 10.1. The number of methoxy groups -OCH3 is 1. The van der Waals surface area contributed by atoms with E-state index in [2.05, 4.69) is 21.2 Å². The summed E-state index contributed by atoms with van der Waals surface area (Å²) in [6.07, 6.45) is -0.619. The molecule has 0 radical (unpaired) electrons. The van der Waals surface area contributed by atoms with E-state index >= 15 is 0 Å². The molecule has 2 aromatic rings. The lowest BCUT2D eigenvalue weighted by Crippen LogP contribution is -2.28. The van der Waals surface area contributed by atoms with Gasteiger partial charge in [0.15, 0.2) is 5.78 Å². The zero-order chi connectivity index (χ0) is 17.9. The van der Waals surface area contributed by atoms with Gasteiger partial charge >= 0.3 is 6.09 Å². The molecule has 1 aromatic carbocycles. The Hall–Kier alpha value is -1.86. The van der Waals surface area contributed by atoms with E-state index in [-0.39, 0.29) is 17.8 Å².